The van der Waals surface area contributed by atoms with Gasteiger partial charge in [0.05, 0.1) is 32.1 Å². The van der Waals surface area contributed by atoms with Crippen molar-refractivity contribution in [2.45, 2.75) is 20.5 Å². The number of ether oxygens (including phenoxy) is 3. The van der Waals surface area contributed by atoms with Crippen LogP contribution in [-0.4, -0.2) is 53.9 Å². The molecule has 0 atom stereocenters. The molecular formula is C23H30N5O3S+. The molecule has 1 fully saturated rings. The monoisotopic (exact) mass is 456 g/mol. The molecule has 32 heavy (non-hydrogen) atoms. The Morgan fingerprint density at radius 1 is 0.969 bits per heavy atom. The van der Waals surface area contributed by atoms with E-state index in [-0.39, 0.29) is 0 Å². The third-order valence-corrected chi connectivity index (χ3v) is 5.63. The largest absolute Gasteiger partial charge is 0.494 e. The second kappa shape index (κ2) is 10.6. The summed E-state index contributed by atoms with van der Waals surface area (Å²) in [5.74, 6) is 2.33. The number of anilines is 2. The molecule has 0 amide bonds. The van der Waals surface area contributed by atoms with Gasteiger partial charge in [0, 0.05) is 5.69 Å². The Morgan fingerprint density at radius 2 is 1.56 bits per heavy atom. The zero-order chi connectivity index (χ0) is 22.3. The van der Waals surface area contributed by atoms with E-state index in [9.17, 15) is 0 Å². The average Bonchev–Trinajstić information content (AvgIpc) is 3.11. The van der Waals surface area contributed by atoms with Gasteiger partial charge in [0.25, 0.3) is 0 Å². The van der Waals surface area contributed by atoms with Crippen molar-refractivity contribution in [2.24, 2.45) is 0 Å². The molecule has 0 aliphatic carbocycles. The minimum absolute atomic E-state index is 0.629. The lowest BCUT2D eigenvalue weighted by molar-refractivity contribution is -0.930. The van der Waals surface area contributed by atoms with Crippen molar-refractivity contribution < 1.29 is 19.1 Å². The second-order valence-corrected chi connectivity index (χ2v) is 7.84. The normalized spacial score (nSPS) is 14.3. The standard InChI is InChI=1S/C23H29N5O3S/c1-3-30-20-9-5-18(6-10-20)24-22-25-27(17-26-13-15-29-16-14-26)23(32)28(22)19-7-11-21(12-8-19)31-4-2/h5-12H,3-4,13-17H2,1-2H3,(H,24,25)/p+1. The van der Waals surface area contributed by atoms with Crippen LogP contribution in [0.25, 0.3) is 5.69 Å². The smallest absolute Gasteiger partial charge is 0.232 e. The van der Waals surface area contributed by atoms with Crippen molar-refractivity contribution in [3.05, 3.63) is 53.3 Å². The first-order valence-corrected chi connectivity index (χ1v) is 11.4. The van der Waals surface area contributed by atoms with E-state index in [1.54, 1.807) is 0 Å². The van der Waals surface area contributed by atoms with Gasteiger partial charge in [0.2, 0.25) is 10.7 Å². The third-order valence-electron chi connectivity index (χ3n) is 5.24. The first kappa shape index (κ1) is 22.3. The van der Waals surface area contributed by atoms with E-state index < -0.39 is 0 Å². The van der Waals surface area contributed by atoms with E-state index in [4.69, 9.17) is 31.5 Å². The van der Waals surface area contributed by atoms with Gasteiger partial charge in [-0.2, -0.15) is 4.68 Å². The Kier molecular flexibility index (Phi) is 7.41. The molecule has 8 nitrogen and oxygen atoms in total. The fourth-order valence-electron chi connectivity index (χ4n) is 3.64. The zero-order valence-corrected chi connectivity index (χ0v) is 19.4. The van der Waals surface area contributed by atoms with Crippen molar-refractivity contribution in [3.63, 3.8) is 0 Å². The van der Waals surface area contributed by atoms with Crippen LogP contribution in [0.1, 0.15) is 13.8 Å². The molecule has 1 aromatic heterocycles. The van der Waals surface area contributed by atoms with Crippen molar-refractivity contribution in [1.29, 1.82) is 0 Å². The molecule has 4 rings (SSSR count). The summed E-state index contributed by atoms with van der Waals surface area (Å²) in [6, 6.07) is 15.7. The van der Waals surface area contributed by atoms with Gasteiger partial charge in [-0.25, -0.2) is 0 Å². The SMILES string of the molecule is CCOc1ccc(Nc2nn(C[NH+]3CCOCC3)c(=S)n2-c2ccc(OCC)cc2)cc1. The molecule has 9 heteroatoms. The number of nitrogens with one attached hydrogen (secondary N) is 2. The second-order valence-electron chi connectivity index (χ2n) is 7.47. The van der Waals surface area contributed by atoms with Crippen molar-refractivity contribution in [3.8, 4) is 17.2 Å². The van der Waals surface area contributed by atoms with Crippen LogP contribution >= 0.6 is 12.2 Å². The topological polar surface area (TPSA) is 66.9 Å². The third kappa shape index (κ3) is 5.29. The number of benzene rings is 2. The predicted molar refractivity (Wildman–Crippen MR) is 126 cm³/mol. The number of nitrogens with zero attached hydrogens (tertiary/aromatic N) is 3. The zero-order valence-electron chi connectivity index (χ0n) is 18.5. The molecule has 1 saturated heterocycles. The molecule has 0 bridgehead atoms. The Balaban J connectivity index is 1.65. The fraction of sp³-hybridized carbons (Fsp3) is 0.391. The maximum absolute atomic E-state index is 5.85. The summed E-state index contributed by atoms with van der Waals surface area (Å²) in [6.07, 6.45) is 0. The fourth-order valence-corrected chi connectivity index (χ4v) is 3.94. The van der Waals surface area contributed by atoms with Crippen molar-refractivity contribution in [1.82, 2.24) is 14.3 Å². The molecule has 2 aromatic carbocycles. The minimum Gasteiger partial charge on any atom is -0.494 e. The molecule has 3 aromatic rings. The van der Waals surface area contributed by atoms with Gasteiger partial charge in [-0.1, -0.05) is 0 Å². The van der Waals surface area contributed by atoms with Gasteiger partial charge < -0.3 is 24.4 Å². The number of hydrogen-bond acceptors (Lipinski definition) is 6. The van der Waals surface area contributed by atoms with Gasteiger partial charge in [0.1, 0.15) is 24.6 Å². The van der Waals surface area contributed by atoms with Crippen LogP contribution < -0.4 is 19.7 Å². The van der Waals surface area contributed by atoms with Crippen LogP contribution in [0.5, 0.6) is 11.5 Å². The maximum Gasteiger partial charge on any atom is 0.232 e. The van der Waals surface area contributed by atoms with E-state index in [1.807, 2.05) is 71.6 Å². The lowest BCUT2D eigenvalue weighted by atomic mass is 10.3. The molecule has 2 heterocycles. The molecular weight excluding hydrogens is 426 g/mol. The Hall–Kier alpha value is -2.88. The average molecular weight is 457 g/mol. The number of hydrogen-bond donors (Lipinski definition) is 2. The molecule has 0 unspecified atom stereocenters. The van der Waals surface area contributed by atoms with Gasteiger partial charge in [0.15, 0.2) is 6.67 Å². The van der Waals surface area contributed by atoms with E-state index in [2.05, 4.69) is 5.32 Å². The van der Waals surface area contributed by atoms with Crippen LogP contribution in [-0.2, 0) is 11.4 Å². The van der Waals surface area contributed by atoms with Crippen molar-refractivity contribution >= 4 is 23.9 Å². The number of aromatic nitrogens is 3. The van der Waals surface area contributed by atoms with Crippen LogP contribution in [0.4, 0.5) is 11.6 Å². The van der Waals surface area contributed by atoms with Crippen LogP contribution in [0, 0.1) is 4.77 Å². The highest BCUT2D eigenvalue weighted by Gasteiger charge is 2.19. The van der Waals surface area contributed by atoms with E-state index in [0.717, 1.165) is 49.2 Å². The highest BCUT2D eigenvalue weighted by molar-refractivity contribution is 7.71. The molecule has 0 radical (unpaired) electrons. The quantitative estimate of drug-likeness (QED) is 0.483. The molecule has 170 valence electrons. The van der Waals surface area contributed by atoms with E-state index in [0.29, 0.717) is 30.6 Å². The highest BCUT2D eigenvalue weighted by Crippen LogP contribution is 2.24. The summed E-state index contributed by atoms with van der Waals surface area (Å²) >= 11 is 5.85. The lowest BCUT2D eigenvalue weighted by Gasteiger charge is -2.23. The van der Waals surface area contributed by atoms with Crippen molar-refractivity contribution in [2.75, 3.05) is 44.8 Å². The Morgan fingerprint density at radius 3 is 2.16 bits per heavy atom. The minimum atomic E-state index is 0.629. The summed E-state index contributed by atoms with van der Waals surface area (Å²) in [5.41, 5.74) is 1.83. The van der Waals surface area contributed by atoms with Gasteiger partial charge in [-0.15, -0.1) is 5.10 Å². The number of rotatable bonds is 9. The number of quaternary nitrogens is 1. The molecule has 1 aliphatic heterocycles. The summed E-state index contributed by atoms with van der Waals surface area (Å²) in [7, 11) is 0. The first-order chi connectivity index (χ1) is 15.7. The van der Waals surface area contributed by atoms with E-state index in [1.165, 1.54) is 4.90 Å². The summed E-state index contributed by atoms with van der Waals surface area (Å²) in [4.78, 5) is 1.40. The summed E-state index contributed by atoms with van der Waals surface area (Å²) in [5, 5.41) is 8.26. The summed E-state index contributed by atoms with van der Waals surface area (Å²) in [6.45, 7) is 9.32. The van der Waals surface area contributed by atoms with Gasteiger partial charge in [-0.05, 0) is 74.6 Å². The van der Waals surface area contributed by atoms with E-state index >= 15 is 0 Å². The maximum atomic E-state index is 5.85. The summed E-state index contributed by atoms with van der Waals surface area (Å²) < 4.78 is 21.1. The van der Waals surface area contributed by atoms with Gasteiger partial charge >= 0.3 is 0 Å². The van der Waals surface area contributed by atoms with Crippen LogP contribution in [0.3, 0.4) is 0 Å². The molecule has 0 spiro atoms. The van der Waals surface area contributed by atoms with Gasteiger partial charge in [-0.3, -0.25) is 4.57 Å². The Bertz CT molecular complexity index is 1060. The number of morpholine rings is 1. The lowest BCUT2D eigenvalue weighted by Crippen LogP contribution is -3.13. The molecule has 0 saturated carbocycles. The highest BCUT2D eigenvalue weighted by atomic mass is 32.1. The van der Waals surface area contributed by atoms with Crippen LogP contribution in [0.15, 0.2) is 48.5 Å². The Labute approximate surface area is 193 Å². The first-order valence-electron chi connectivity index (χ1n) is 11.0. The molecule has 1 aliphatic rings. The predicted octanol–water partition coefficient (Wildman–Crippen LogP) is 2.82. The molecule has 2 N–H and O–H groups in total. The van der Waals surface area contributed by atoms with Crippen LogP contribution in [0.2, 0.25) is 0 Å².